The third-order valence-electron chi connectivity index (χ3n) is 2.76. The number of rotatable bonds is 3. The highest BCUT2D eigenvalue weighted by Crippen LogP contribution is 2.21. The zero-order chi connectivity index (χ0) is 12.3. The number of hydrogen-bond acceptors (Lipinski definition) is 3. The summed E-state index contributed by atoms with van der Waals surface area (Å²) in [7, 11) is 0. The van der Waals surface area contributed by atoms with E-state index in [0.29, 0.717) is 18.6 Å². The lowest BCUT2D eigenvalue weighted by Gasteiger charge is -2.15. The maximum atomic E-state index is 11.5. The molecular weight excluding hydrogens is 218 g/mol. The van der Waals surface area contributed by atoms with Crippen LogP contribution in [0.25, 0.3) is 0 Å². The average molecular weight is 233 g/mol. The Bertz CT molecular complexity index is 425. The van der Waals surface area contributed by atoms with Crippen LogP contribution < -0.4 is 4.90 Å². The molecule has 0 saturated carbocycles. The van der Waals surface area contributed by atoms with E-state index in [1.807, 2.05) is 0 Å². The lowest BCUT2D eigenvalue weighted by molar-refractivity contribution is -0.117. The van der Waals surface area contributed by atoms with Gasteiger partial charge in [-0.15, -0.1) is 0 Å². The van der Waals surface area contributed by atoms with Crippen LogP contribution in [0, 0.1) is 0 Å². The van der Waals surface area contributed by atoms with Crippen LogP contribution >= 0.6 is 0 Å². The molecule has 2 rings (SSSR count). The third kappa shape index (κ3) is 2.46. The Labute approximate surface area is 100 Å². The second-order valence-corrected chi connectivity index (χ2v) is 3.92. The molecular formula is C13H15NO3. The third-order valence-corrected chi connectivity index (χ3v) is 2.76. The Morgan fingerprint density at radius 1 is 1.35 bits per heavy atom. The molecule has 0 aliphatic carbocycles. The van der Waals surface area contributed by atoms with Crippen LogP contribution in [-0.2, 0) is 9.53 Å². The van der Waals surface area contributed by atoms with E-state index in [1.54, 1.807) is 36.1 Å². The van der Waals surface area contributed by atoms with Gasteiger partial charge in [0.2, 0.25) is 5.91 Å². The van der Waals surface area contributed by atoms with Crippen molar-refractivity contribution in [2.24, 2.45) is 0 Å². The predicted octanol–water partition coefficient (Wildman–Crippen LogP) is 1.99. The van der Waals surface area contributed by atoms with Crippen molar-refractivity contribution < 1.29 is 14.3 Å². The van der Waals surface area contributed by atoms with Gasteiger partial charge in [0.05, 0.1) is 12.2 Å². The van der Waals surface area contributed by atoms with Crippen LogP contribution in [0.15, 0.2) is 24.3 Å². The summed E-state index contributed by atoms with van der Waals surface area (Å²) < 4.78 is 4.89. The Kier molecular flexibility index (Phi) is 3.42. The topological polar surface area (TPSA) is 46.6 Å². The summed E-state index contributed by atoms with van der Waals surface area (Å²) in [5, 5.41) is 0. The highest BCUT2D eigenvalue weighted by molar-refractivity contribution is 5.96. The number of nitrogens with zero attached hydrogens (tertiary/aromatic N) is 1. The van der Waals surface area contributed by atoms with Crippen molar-refractivity contribution in [3.05, 3.63) is 29.8 Å². The first-order valence-corrected chi connectivity index (χ1v) is 5.80. The number of carbonyl (C=O) groups excluding carboxylic acids is 2. The highest BCUT2D eigenvalue weighted by atomic mass is 16.5. The molecule has 4 nitrogen and oxygen atoms in total. The molecule has 0 radical (unpaired) electrons. The summed E-state index contributed by atoms with van der Waals surface area (Å²) in [5.41, 5.74) is 1.36. The molecule has 0 bridgehead atoms. The summed E-state index contributed by atoms with van der Waals surface area (Å²) >= 11 is 0. The summed E-state index contributed by atoms with van der Waals surface area (Å²) in [6, 6.07) is 6.96. The van der Waals surface area contributed by atoms with Gasteiger partial charge in [0.1, 0.15) is 0 Å². The molecule has 1 aliphatic heterocycles. The van der Waals surface area contributed by atoms with Crippen molar-refractivity contribution in [2.75, 3.05) is 18.1 Å². The molecule has 0 unspecified atom stereocenters. The van der Waals surface area contributed by atoms with E-state index in [9.17, 15) is 9.59 Å². The fraction of sp³-hybridized carbons (Fsp3) is 0.385. The molecule has 0 spiro atoms. The van der Waals surface area contributed by atoms with Gasteiger partial charge in [-0.05, 0) is 37.6 Å². The largest absolute Gasteiger partial charge is 0.462 e. The molecule has 1 amide bonds. The predicted molar refractivity (Wildman–Crippen MR) is 64.0 cm³/mol. The number of esters is 1. The maximum Gasteiger partial charge on any atom is 0.338 e. The van der Waals surface area contributed by atoms with Crippen LogP contribution in [-0.4, -0.2) is 25.0 Å². The smallest absolute Gasteiger partial charge is 0.338 e. The number of amides is 1. The molecule has 17 heavy (non-hydrogen) atoms. The van der Waals surface area contributed by atoms with E-state index in [-0.39, 0.29) is 11.9 Å². The first-order valence-electron chi connectivity index (χ1n) is 5.80. The Morgan fingerprint density at radius 3 is 2.59 bits per heavy atom. The lowest BCUT2D eigenvalue weighted by Crippen LogP contribution is -2.23. The normalized spacial score (nSPS) is 15.1. The number of ether oxygens (including phenoxy) is 1. The molecule has 1 heterocycles. The molecule has 0 atom stereocenters. The minimum atomic E-state index is -0.327. The van der Waals surface area contributed by atoms with Gasteiger partial charge in [0.15, 0.2) is 0 Å². The molecule has 1 aromatic rings. The van der Waals surface area contributed by atoms with Crippen LogP contribution in [0.4, 0.5) is 5.69 Å². The van der Waals surface area contributed by atoms with Gasteiger partial charge in [-0.25, -0.2) is 4.79 Å². The van der Waals surface area contributed by atoms with E-state index in [0.717, 1.165) is 18.7 Å². The van der Waals surface area contributed by atoms with Gasteiger partial charge in [-0.2, -0.15) is 0 Å². The van der Waals surface area contributed by atoms with E-state index in [4.69, 9.17) is 4.74 Å². The number of carbonyl (C=O) groups is 2. The van der Waals surface area contributed by atoms with Gasteiger partial charge in [-0.3, -0.25) is 4.79 Å². The molecule has 90 valence electrons. The molecule has 1 fully saturated rings. The van der Waals surface area contributed by atoms with E-state index in [2.05, 4.69) is 0 Å². The minimum Gasteiger partial charge on any atom is -0.462 e. The Balaban J connectivity index is 2.12. The van der Waals surface area contributed by atoms with E-state index in [1.165, 1.54) is 0 Å². The van der Waals surface area contributed by atoms with Crippen molar-refractivity contribution in [1.82, 2.24) is 0 Å². The molecule has 0 aromatic heterocycles. The Morgan fingerprint density at radius 2 is 2.06 bits per heavy atom. The summed E-state index contributed by atoms with van der Waals surface area (Å²) in [6.07, 6.45) is 1.51. The summed E-state index contributed by atoms with van der Waals surface area (Å²) in [4.78, 5) is 24.7. The first kappa shape index (κ1) is 11.6. The average Bonchev–Trinajstić information content (AvgIpc) is 2.76. The SMILES string of the molecule is CCOC(=O)c1ccc(N2CCCC2=O)cc1. The van der Waals surface area contributed by atoms with Crippen molar-refractivity contribution >= 4 is 17.6 Å². The van der Waals surface area contributed by atoms with Gasteiger partial charge >= 0.3 is 5.97 Å². The highest BCUT2D eigenvalue weighted by Gasteiger charge is 2.21. The number of hydrogen-bond donors (Lipinski definition) is 0. The summed E-state index contributed by atoms with van der Waals surface area (Å²) in [5.74, 6) is -0.180. The van der Waals surface area contributed by atoms with Gasteiger partial charge in [0, 0.05) is 18.7 Å². The zero-order valence-electron chi connectivity index (χ0n) is 9.81. The van der Waals surface area contributed by atoms with Crippen LogP contribution in [0.1, 0.15) is 30.1 Å². The van der Waals surface area contributed by atoms with Crippen LogP contribution in [0.5, 0.6) is 0 Å². The van der Waals surface area contributed by atoms with Crippen LogP contribution in [0.2, 0.25) is 0 Å². The number of benzene rings is 1. The first-order chi connectivity index (χ1) is 8.22. The van der Waals surface area contributed by atoms with Crippen molar-refractivity contribution in [2.45, 2.75) is 19.8 Å². The minimum absolute atomic E-state index is 0.147. The molecule has 1 saturated heterocycles. The standard InChI is InChI=1S/C13H15NO3/c1-2-17-13(16)10-5-7-11(8-6-10)14-9-3-4-12(14)15/h5-8H,2-4,9H2,1H3. The molecule has 0 N–H and O–H groups in total. The monoisotopic (exact) mass is 233 g/mol. The van der Waals surface area contributed by atoms with Gasteiger partial charge in [0.25, 0.3) is 0 Å². The van der Waals surface area contributed by atoms with Crippen molar-refractivity contribution in [3.8, 4) is 0 Å². The molecule has 4 heteroatoms. The van der Waals surface area contributed by atoms with E-state index >= 15 is 0 Å². The second kappa shape index (κ2) is 4.99. The van der Waals surface area contributed by atoms with E-state index < -0.39 is 0 Å². The maximum absolute atomic E-state index is 11.5. The molecule has 1 aromatic carbocycles. The van der Waals surface area contributed by atoms with Crippen LogP contribution in [0.3, 0.4) is 0 Å². The van der Waals surface area contributed by atoms with Crippen molar-refractivity contribution in [3.63, 3.8) is 0 Å². The summed E-state index contributed by atoms with van der Waals surface area (Å²) in [6.45, 7) is 2.90. The Hall–Kier alpha value is -1.84. The van der Waals surface area contributed by atoms with Crippen molar-refractivity contribution in [1.29, 1.82) is 0 Å². The second-order valence-electron chi connectivity index (χ2n) is 3.92. The quantitative estimate of drug-likeness (QED) is 0.750. The lowest BCUT2D eigenvalue weighted by atomic mass is 10.2. The zero-order valence-corrected chi connectivity index (χ0v) is 9.81. The van der Waals surface area contributed by atoms with Gasteiger partial charge in [-0.1, -0.05) is 0 Å². The number of anilines is 1. The molecule has 1 aliphatic rings. The fourth-order valence-electron chi connectivity index (χ4n) is 1.91. The fourth-order valence-corrected chi connectivity index (χ4v) is 1.91. The van der Waals surface area contributed by atoms with Gasteiger partial charge < -0.3 is 9.64 Å².